The van der Waals surface area contributed by atoms with E-state index in [0.717, 1.165) is 54.5 Å². The van der Waals surface area contributed by atoms with Gasteiger partial charge in [0, 0.05) is 55.3 Å². The number of nitrogens with one attached hydrogen (secondary N) is 3. The number of rotatable bonds is 5. The standard InChI is InChI=1S/C25H25F3N8O/c1-16-32-20(13-23(33-16)35-9-6-29-7-10-35)17-5-8-36-21(14-30-22(36)12-17)18-3-2-4-19(11-18)34-24(37)31-15-25(26,27)28/h2-5,8,11-14,29H,6-7,9-10,15H2,1H3,(H2,31,34,37). The number of pyridine rings is 1. The number of urea groups is 1. The van der Waals surface area contributed by atoms with Gasteiger partial charge >= 0.3 is 12.2 Å². The van der Waals surface area contributed by atoms with Crippen LogP contribution in [0.5, 0.6) is 0 Å². The normalized spacial score (nSPS) is 14.1. The zero-order chi connectivity index (χ0) is 26.0. The van der Waals surface area contributed by atoms with Crippen molar-refractivity contribution in [1.82, 2.24) is 30.0 Å². The van der Waals surface area contributed by atoms with Crippen LogP contribution < -0.4 is 20.9 Å². The quantitative estimate of drug-likeness (QED) is 0.377. The molecule has 1 aliphatic rings. The highest BCUT2D eigenvalue weighted by atomic mass is 19.4. The van der Waals surface area contributed by atoms with Crippen LogP contribution in [0.15, 0.2) is 54.9 Å². The molecule has 5 rings (SSSR count). The van der Waals surface area contributed by atoms with Crippen molar-refractivity contribution in [2.75, 3.05) is 42.9 Å². The van der Waals surface area contributed by atoms with Crippen LogP contribution in [0.2, 0.25) is 0 Å². The first-order chi connectivity index (χ1) is 17.7. The molecule has 0 spiro atoms. The van der Waals surface area contributed by atoms with E-state index >= 15 is 0 Å². The third-order valence-electron chi connectivity index (χ3n) is 5.94. The second-order valence-electron chi connectivity index (χ2n) is 8.69. The maximum Gasteiger partial charge on any atom is 0.405 e. The van der Waals surface area contributed by atoms with Gasteiger partial charge in [0.05, 0.1) is 17.6 Å². The van der Waals surface area contributed by atoms with Crippen LogP contribution in [0.25, 0.3) is 28.2 Å². The van der Waals surface area contributed by atoms with Gasteiger partial charge in [-0.1, -0.05) is 12.1 Å². The first kappa shape index (κ1) is 24.5. The first-order valence-electron chi connectivity index (χ1n) is 11.8. The number of imidazole rings is 1. The highest BCUT2D eigenvalue weighted by molar-refractivity contribution is 5.90. The molecule has 9 nitrogen and oxygen atoms in total. The van der Waals surface area contributed by atoms with Crippen LogP contribution >= 0.6 is 0 Å². The SMILES string of the molecule is Cc1nc(-c2ccn3c(-c4cccc(NC(=O)NCC(F)(F)F)c4)cnc3c2)cc(N2CCNCC2)n1. The summed E-state index contributed by atoms with van der Waals surface area (Å²) in [6, 6.07) is 11.8. The maximum absolute atomic E-state index is 12.4. The molecule has 192 valence electrons. The van der Waals surface area contributed by atoms with Gasteiger partial charge in [-0.2, -0.15) is 13.2 Å². The van der Waals surface area contributed by atoms with Gasteiger partial charge in [-0.25, -0.2) is 19.7 Å². The summed E-state index contributed by atoms with van der Waals surface area (Å²) in [5.41, 5.74) is 4.29. The Morgan fingerprint density at radius 1 is 1.08 bits per heavy atom. The molecule has 0 aliphatic carbocycles. The third kappa shape index (κ3) is 5.80. The average Bonchev–Trinajstić information content (AvgIpc) is 3.31. The molecule has 0 atom stereocenters. The Bertz CT molecular complexity index is 1430. The molecule has 1 fully saturated rings. The number of alkyl halides is 3. The smallest absolute Gasteiger partial charge is 0.354 e. The summed E-state index contributed by atoms with van der Waals surface area (Å²) in [5, 5.41) is 7.57. The van der Waals surface area contributed by atoms with E-state index in [1.807, 2.05) is 41.8 Å². The number of nitrogens with zero attached hydrogens (tertiary/aromatic N) is 5. The lowest BCUT2D eigenvalue weighted by Crippen LogP contribution is -2.44. The molecule has 12 heteroatoms. The number of carbonyl (C=O) groups is 1. The summed E-state index contributed by atoms with van der Waals surface area (Å²) in [6.45, 7) is 4.07. The molecule has 3 N–H and O–H groups in total. The van der Waals surface area contributed by atoms with Gasteiger partial charge in [0.15, 0.2) is 0 Å². The number of hydrogen-bond acceptors (Lipinski definition) is 6. The van der Waals surface area contributed by atoms with E-state index in [1.54, 1.807) is 29.7 Å². The molecular weight excluding hydrogens is 485 g/mol. The summed E-state index contributed by atoms with van der Waals surface area (Å²) < 4.78 is 39.0. The van der Waals surface area contributed by atoms with Crippen LogP contribution in [0, 0.1) is 6.92 Å². The second-order valence-corrected chi connectivity index (χ2v) is 8.69. The van der Waals surface area contributed by atoms with Crippen molar-refractivity contribution in [1.29, 1.82) is 0 Å². The first-order valence-corrected chi connectivity index (χ1v) is 11.8. The molecular formula is C25H25F3N8O. The van der Waals surface area contributed by atoms with Crippen molar-refractivity contribution in [2.45, 2.75) is 13.1 Å². The lowest BCUT2D eigenvalue weighted by Gasteiger charge is -2.28. The van der Waals surface area contributed by atoms with E-state index in [-0.39, 0.29) is 0 Å². The fourth-order valence-corrected chi connectivity index (χ4v) is 4.22. The number of anilines is 2. The fraction of sp³-hybridized carbons (Fsp3) is 0.280. The molecule has 1 aromatic carbocycles. The summed E-state index contributed by atoms with van der Waals surface area (Å²) in [5.74, 6) is 1.59. The van der Waals surface area contributed by atoms with Crippen molar-refractivity contribution in [2.24, 2.45) is 0 Å². The predicted octanol–water partition coefficient (Wildman–Crippen LogP) is 3.86. The Hall–Kier alpha value is -4.19. The van der Waals surface area contributed by atoms with E-state index in [4.69, 9.17) is 0 Å². The Kier molecular flexibility index (Phi) is 6.66. The van der Waals surface area contributed by atoms with Crippen LogP contribution in [0.1, 0.15) is 5.82 Å². The number of aryl methyl sites for hydroxylation is 1. The summed E-state index contributed by atoms with van der Waals surface area (Å²) in [6.07, 6.45) is -0.879. The Morgan fingerprint density at radius 3 is 2.68 bits per heavy atom. The fourth-order valence-electron chi connectivity index (χ4n) is 4.22. The van der Waals surface area contributed by atoms with Crippen molar-refractivity contribution in [3.8, 4) is 22.5 Å². The number of amides is 2. The van der Waals surface area contributed by atoms with E-state index in [2.05, 4.69) is 30.5 Å². The zero-order valence-corrected chi connectivity index (χ0v) is 20.0. The minimum Gasteiger partial charge on any atom is -0.354 e. The van der Waals surface area contributed by atoms with Gasteiger partial charge < -0.3 is 20.9 Å². The van der Waals surface area contributed by atoms with Crippen molar-refractivity contribution < 1.29 is 18.0 Å². The Morgan fingerprint density at radius 2 is 1.89 bits per heavy atom. The molecule has 3 aromatic heterocycles. The van der Waals surface area contributed by atoms with E-state index < -0.39 is 18.8 Å². The number of carbonyl (C=O) groups excluding carboxylic acids is 1. The summed E-state index contributed by atoms with van der Waals surface area (Å²) >= 11 is 0. The van der Waals surface area contributed by atoms with Gasteiger partial charge in [0.1, 0.15) is 23.8 Å². The van der Waals surface area contributed by atoms with E-state index in [0.29, 0.717) is 17.2 Å². The van der Waals surface area contributed by atoms with E-state index in [1.165, 1.54) is 0 Å². The highest BCUT2D eigenvalue weighted by Gasteiger charge is 2.27. The number of benzene rings is 1. The van der Waals surface area contributed by atoms with Crippen LogP contribution in [-0.4, -0.2) is 64.3 Å². The summed E-state index contributed by atoms with van der Waals surface area (Å²) in [4.78, 5) is 27.9. The minimum atomic E-state index is -4.48. The van der Waals surface area contributed by atoms with E-state index in [9.17, 15) is 18.0 Å². The highest BCUT2D eigenvalue weighted by Crippen LogP contribution is 2.27. The number of halogens is 3. The maximum atomic E-state index is 12.4. The zero-order valence-electron chi connectivity index (χ0n) is 20.0. The van der Waals surface area contributed by atoms with Gasteiger partial charge in [-0.3, -0.25) is 4.40 Å². The monoisotopic (exact) mass is 510 g/mol. The molecule has 0 bridgehead atoms. The lowest BCUT2D eigenvalue weighted by molar-refractivity contribution is -0.122. The number of piperazine rings is 1. The average molecular weight is 511 g/mol. The topological polar surface area (TPSA) is 99.5 Å². The molecule has 0 unspecified atom stereocenters. The summed E-state index contributed by atoms with van der Waals surface area (Å²) in [7, 11) is 0. The molecule has 0 saturated carbocycles. The molecule has 1 saturated heterocycles. The molecule has 37 heavy (non-hydrogen) atoms. The Balaban J connectivity index is 1.38. The molecule has 1 aliphatic heterocycles. The largest absolute Gasteiger partial charge is 0.405 e. The molecule has 4 aromatic rings. The number of aromatic nitrogens is 4. The van der Waals surface area contributed by atoms with Crippen molar-refractivity contribution >= 4 is 23.2 Å². The molecule has 2 amide bonds. The van der Waals surface area contributed by atoms with Gasteiger partial charge in [0.2, 0.25) is 0 Å². The van der Waals surface area contributed by atoms with Crippen LogP contribution in [0.4, 0.5) is 29.5 Å². The number of hydrogen-bond donors (Lipinski definition) is 3. The number of fused-ring (bicyclic) bond motifs is 1. The van der Waals surface area contributed by atoms with Crippen molar-refractivity contribution in [3.63, 3.8) is 0 Å². The predicted molar refractivity (Wildman–Crippen MR) is 135 cm³/mol. The molecule has 0 radical (unpaired) electrons. The van der Waals surface area contributed by atoms with Crippen LogP contribution in [-0.2, 0) is 0 Å². The Labute approximate surface area is 210 Å². The van der Waals surface area contributed by atoms with Crippen LogP contribution in [0.3, 0.4) is 0 Å². The lowest BCUT2D eigenvalue weighted by atomic mass is 10.1. The van der Waals surface area contributed by atoms with Crippen molar-refractivity contribution in [3.05, 3.63) is 60.7 Å². The minimum absolute atomic E-state index is 0.362. The second kappa shape index (κ2) is 10.1. The van der Waals surface area contributed by atoms with Gasteiger partial charge in [-0.15, -0.1) is 0 Å². The van der Waals surface area contributed by atoms with Gasteiger partial charge in [0.25, 0.3) is 0 Å². The molecule has 4 heterocycles. The third-order valence-corrected chi connectivity index (χ3v) is 5.94. The van der Waals surface area contributed by atoms with Gasteiger partial charge in [-0.05, 0) is 31.2 Å².